The van der Waals surface area contributed by atoms with Crippen molar-refractivity contribution in [2.75, 3.05) is 23.7 Å². The summed E-state index contributed by atoms with van der Waals surface area (Å²) >= 11 is 1.51. The van der Waals surface area contributed by atoms with Crippen molar-refractivity contribution in [3.8, 4) is 0 Å². The zero-order valence-corrected chi connectivity index (χ0v) is 14.3. The third kappa shape index (κ3) is 2.54. The van der Waals surface area contributed by atoms with Crippen LogP contribution in [-0.2, 0) is 5.41 Å². The third-order valence-corrected chi connectivity index (χ3v) is 5.43. The molecule has 2 aromatic heterocycles. The Kier molecular flexibility index (Phi) is 3.72. The second-order valence-electron chi connectivity index (χ2n) is 6.12. The third-order valence-electron chi connectivity index (χ3n) is 4.76. The van der Waals surface area contributed by atoms with Crippen LogP contribution < -0.4 is 10.6 Å². The molecule has 1 aliphatic rings. The highest BCUT2D eigenvalue weighted by Crippen LogP contribution is 2.42. The number of nitrogen functional groups attached to an aromatic ring is 1. The molecule has 0 atom stereocenters. The van der Waals surface area contributed by atoms with E-state index in [2.05, 4.69) is 49.7 Å². The Hall–Kier alpha value is -2.41. The number of nitrogens with zero attached hydrogens (tertiary/aromatic N) is 4. The van der Waals surface area contributed by atoms with E-state index >= 15 is 0 Å². The lowest BCUT2D eigenvalue weighted by Crippen LogP contribution is -2.44. The Morgan fingerprint density at radius 2 is 1.92 bits per heavy atom. The number of piperidine rings is 1. The van der Waals surface area contributed by atoms with E-state index in [1.807, 2.05) is 13.0 Å². The first-order valence-electron chi connectivity index (χ1n) is 8.00. The molecule has 1 aromatic carbocycles. The van der Waals surface area contributed by atoms with Gasteiger partial charge in [-0.25, -0.2) is 4.98 Å². The molecular weight excluding hydrogens is 322 g/mol. The molecule has 24 heavy (non-hydrogen) atoms. The minimum Gasteiger partial charge on any atom is -0.375 e. The fraction of sp³-hybridized carbons (Fsp3) is 0.353. The molecule has 0 bridgehead atoms. The number of hydrogen-bond donors (Lipinski definition) is 1. The average Bonchev–Trinajstić information content (AvgIpc) is 3.25. The molecule has 0 unspecified atom stereocenters. The van der Waals surface area contributed by atoms with Crippen molar-refractivity contribution in [3.63, 3.8) is 0 Å². The van der Waals surface area contributed by atoms with Gasteiger partial charge in [-0.1, -0.05) is 30.3 Å². The second kappa shape index (κ2) is 5.90. The van der Waals surface area contributed by atoms with Gasteiger partial charge in [-0.3, -0.25) is 0 Å². The van der Waals surface area contributed by atoms with Crippen molar-refractivity contribution in [2.24, 2.45) is 0 Å². The van der Waals surface area contributed by atoms with Crippen molar-refractivity contribution >= 4 is 22.4 Å². The highest BCUT2D eigenvalue weighted by molar-refractivity contribution is 7.13. The highest BCUT2D eigenvalue weighted by Gasteiger charge is 2.40. The van der Waals surface area contributed by atoms with Crippen molar-refractivity contribution in [2.45, 2.75) is 25.2 Å². The van der Waals surface area contributed by atoms with Crippen LogP contribution in [0.5, 0.6) is 0 Å². The Bertz CT molecular complexity index is 820. The van der Waals surface area contributed by atoms with Crippen LogP contribution in [0.25, 0.3) is 0 Å². The number of benzene rings is 1. The summed E-state index contributed by atoms with van der Waals surface area (Å²) in [6.07, 6.45) is 1.88. The summed E-state index contributed by atoms with van der Waals surface area (Å²) in [5.74, 6) is 1.27. The van der Waals surface area contributed by atoms with Crippen LogP contribution >= 0.6 is 11.3 Å². The number of hydrogen-bond acceptors (Lipinski definition) is 7. The van der Waals surface area contributed by atoms with E-state index in [9.17, 15) is 0 Å². The predicted molar refractivity (Wildman–Crippen MR) is 94.2 cm³/mol. The molecule has 0 spiro atoms. The number of aryl methyl sites for hydroxylation is 1. The molecule has 0 saturated carbocycles. The number of thiazole rings is 1. The average molecular weight is 341 g/mol. The van der Waals surface area contributed by atoms with Crippen molar-refractivity contribution in [1.29, 1.82) is 0 Å². The molecule has 0 radical (unpaired) electrons. The molecular formula is C17H19N5OS. The molecule has 4 rings (SSSR count). The first-order chi connectivity index (χ1) is 11.7. The minimum atomic E-state index is -0.106. The Balaban J connectivity index is 1.66. The van der Waals surface area contributed by atoms with Crippen LogP contribution in [0, 0.1) is 6.92 Å². The normalized spacial score (nSPS) is 17.1. The van der Waals surface area contributed by atoms with E-state index in [0.717, 1.165) is 31.6 Å². The lowest BCUT2D eigenvalue weighted by Gasteiger charge is -2.41. The summed E-state index contributed by atoms with van der Waals surface area (Å²) in [5, 5.41) is 6.76. The molecule has 1 saturated heterocycles. The minimum absolute atomic E-state index is 0.106. The zero-order valence-electron chi connectivity index (χ0n) is 13.5. The maximum atomic E-state index is 5.91. The fourth-order valence-electron chi connectivity index (χ4n) is 3.46. The van der Waals surface area contributed by atoms with Crippen LogP contribution in [-0.4, -0.2) is 28.2 Å². The molecule has 3 aromatic rings. The standard InChI is InChI=1S/C17H19N5OS/c1-12-19-16(21-23-12)22-9-7-17(8-10-22,13-5-3-2-4-6-13)14-11-24-15(18)20-14/h2-6,11H,7-10H2,1H3,(H2,18,20). The van der Waals surface area contributed by atoms with Gasteiger partial charge in [0.2, 0.25) is 5.89 Å². The summed E-state index contributed by atoms with van der Waals surface area (Å²) in [6.45, 7) is 3.52. The Morgan fingerprint density at radius 3 is 2.50 bits per heavy atom. The van der Waals surface area contributed by atoms with Gasteiger partial charge in [0, 0.05) is 30.8 Å². The molecule has 0 aliphatic carbocycles. The van der Waals surface area contributed by atoms with Crippen LogP contribution in [0.3, 0.4) is 0 Å². The molecule has 7 heteroatoms. The summed E-state index contributed by atoms with van der Waals surface area (Å²) in [6, 6.07) is 10.6. The van der Waals surface area contributed by atoms with Crippen LogP contribution in [0.2, 0.25) is 0 Å². The summed E-state index contributed by atoms with van der Waals surface area (Å²) in [5.41, 5.74) is 8.16. The van der Waals surface area contributed by atoms with Gasteiger partial charge in [-0.05, 0) is 23.6 Å². The van der Waals surface area contributed by atoms with Gasteiger partial charge >= 0.3 is 0 Å². The fourth-order valence-corrected chi connectivity index (χ4v) is 4.12. The van der Waals surface area contributed by atoms with E-state index in [4.69, 9.17) is 10.3 Å². The summed E-state index contributed by atoms with van der Waals surface area (Å²) < 4.78 is 5.11. The number of rotatable bonds is 3. The van der Waals surface area contributed by atoms with Crippen LogP contribution in [0.1, 0.15) is 30.0 Å². The molecule has 2 N–H and O–H groups in total. The van der Waals surface area contributed by atoms with E-state index in [1.165, 1.54) is 16.9 Å². The smallest absolute Gasteiger partial charge is 0.266 e. The van der Waals surface area contributed by atoms with Crippen LogP contribution in [0.15, 0.2) is 40.2 Å². The van der Waals surface area contributed by atoms with E-state index in [-0.39, 0.29) is 5.41 Å². The van der Waals surface area contributed by atoms with Gasteiger partial charge in [0.1, 0.15) is 0 Å². The van der Waals surface area contributed by atoms with Crippen molar-refractivity contribution in [3.05, 3.63) is 52.9 Å². The van der Waals surface area contributed by atoms with E-state index in [0.29, 0.717) is 17.0 Å². The zero-order chi connectivity index (χ0) is 16.6. The quantitative estimate of drug-likeness (QED) is 0.789. The SMILES string of the molecule is Cc1nc(N2CCC(c3ccccc3)(c3csc(N)n3)CC2)no1. The lowest BCUT2D eigenvalue weighted by molar-refractivity contribution is 0.369. The molecule has 0 amide bonds. The van der Waals surface area contributed by atoms with Crippen molar-refractivity contribution in [1.82, 2.24) is 15.1 Å². The number of aromatic nitrogens is 3. The van der Waals surface area contributed by atoms with Crippen LogP contribution in [0.4, 0.5) is 11.1 Å². The van der Waals surface area contributed by atoms with Gasteiger partial charge in [-0.2, -0.15) is 4.98 Å². The van der Waals surface area contributed by atoms with Gasteiger partial charge < -0.3 is 15.2 Å². The van der Waals surface area contributed by atoms with Gasteiger partial charge in [0.05, 0.1) is 5.69 Å². The molecule has 3 heterocycles. The molecule has 1 aliphatic heterocycles. The van der Waals surface area contributed by atoms with Gasteiger partial charge in [0.25, 0.3) is 5.95 Å². The van der Waals surface area contributed by atoms with Crippen molar-refractivity contribution < 1.29 is 4.52 Å². The van der Waals surface area contributed by atoms with Gasteiger partial charge in [-0.15, -0.1) is 11.3 Å². The largest absolute Gasteiger partial charge is 0.375 e. The first-order valence-corrected chi connectivity index (χ1v) is 8.88. The number of anilines is 2. The molecule has 124 valence electrons. The first kappa shape index (κ1) is 15.1. The van der Waals surface area contributed by atoms with E-state index < -0.39 is 0 Å². The summed E-state index contributed by atoms with van der Waals surface area (Å²) in [4.78, 5) is 11.1. The van der Waals surface area contributed by atoms with Gasteiger partial charge in [0.15, 0.2) is 5.13 Å². The second-order valence-corrected chi connectivity index (χ2v) is 7.01. The maximum Gasteiger partial charge on any atom is 0.266 e. The predicted octanol–water partition coefficient (Wildman–Crippen LogP) is 3.00. The molecule has 6 nitrogen and oxygen atoms in total. The maximum absolute atomic E-state index is 5.91. The summed E-state index contributed by atoms with van der Waals surface area (Å²) in [7, 11) is 0. The Labute approximate surface area is 144 Å². The topological polar surface area (TPSA) is 81.1 Å². The van der Waals surface area contributed by atoms with E-state index in [1.54, 1.807) is 0 Å². The highest BCUT2D eigenvalue weighted by atomic mass is 32.1. The Morgan fingerprint density at radius 1 is 1.17 bits per heavy atom. The molecule has 1 fully saturated rings. The monoisotopic (exact) mass is 341 g/mol. The number of nitrogens with two attached hydrogens (primary N) is 1. The lowest BCUT2D eigenvalue weighted by atomic mass is 9.71.